The summed E-state index contributed by atoms with van der Waals surface area (Å²) in [5.74, 6) is -3.57. The molecule has 1 heterocycles. The standard InChI is InChI=1S/C42H39F4NO7/c1-26-20-29(12-17-36(26)52-19-7-3-2-6-18-50-23-27-24-51-25-27)41(49)53-40-30(22-47)21-37(33-8-4-5-9-34(33)40)54-42(45,46)35-16-15-32(38(43)39(35)44)28-10-13-31(48)14-11-28/h4-5,8-17,20-22,27,47-48H,2-3,6-7,18-19,23-25H2,1H3. The Kier molecular flexibility index (Phi) is 12.1. The number of alkyl halides is 2. The zero-order valence-electron chi connectivity index (χ0n) is 29.5. The molecule has 54 heavy (non-hydrogen) atoms. The van der Waals surface area contributed by atoms with E-state index in [9.17, 15) is 9.90 Å². The number of ether oxygens (including phenoxy) is 5. The van der Waals surface area contributed by atoms with Gasteiger partial charge in [-0.05, 0) is 79.8 Å². The summed E-state index contributed by atoms with van der Waals surface area (Å²) in [6, 6.07) is 18.9. The maximum atomic E-state index is 15.6. The minimum absolute atomic E-state index is 0.0709. The average molecular weight is 746 g/mol. The van der Waals surface area contributed by atoms with E-state index in [0.717, 1.165) is 76.5 Å². The first kappa shape index (κ1) is 38.3. The molecule has 282 valence electrons. The van der Waals surface area contributed by atoms with Gasteiger partial charge in [-0.3, -0.25) is 0 Å². The lowest BCUT2D eigenvalue weighted by Gasteiger charge is -2.25. The number of aromatic hydroxyl groups is 1. The molecule has 1 fully saturated rings. The number of hydrogen-bond acceptors (Lipinski definition) is 8. The highest BCUT2D eigenvalue weighted by atomic mass is 19.3. The summed E-state index contributed by atoms with van der Waals surface area (Å²) in [5.41, 5.74) is -0.628. The molecule has 1 aliphatic rings. The fourth-order valence-electron chi connectivity index (χ4n) is 6.04. The van der Waals surface area contributed by atoms with Gasteiger partial charge in [0.1, 0.15) is 28.6 Å². The summed E-state index contributed by atoms with van der Waals surface area (Å²) in [4.78, 5) is 13.4. The van der Waals surface area contributed by atoms with E-state index in [0.29, 0.717) is 23.8 Å². The molecule has 0 aliphatic carbocycles. The van der Waals surface area contributed by atoms with Crippen LogP contribution in [0.25, 0.3) is 21.9 Å². The molecule has 12 heteroatoms. The number of unbranched alkanes of at least 4 members (excludes halogenated alkanes) is 3. The first-order chi connectivity index (χ1) is 26.1. The Morgan fingerprint density at radius 1 is 0.889 bits per heavy atom. The van der Waals surface area contributed by atoms with Crippen LogP contribution in [-0.2, 0) is 15.6 Å². The largest absolute Gasteiger partial charge is 0.508 e. The van der Waals surface area contributed by atoms with Gasteiger partial charge in [-0.1, -0.05) is 48.9 Å². The van der Waals surface area contributed by atoms with Crippen molar-refractivity contribution >= 4 is 23.0 Å². The fourth-order valence-corrected chi connectivity index (χ4v) is 6.04. The molecule has 0 radical (unpaired) electrons. The number of phenolic OH excluding ortho intramolecular Hbond substituents is 1. The molecule has 0 spiro atoms. The number of nitrogens with one attached hydrogen (secondary N) is 1. The van der Waals surface area contributed by atoms with Crippen LogP contribution in [-0.4, -0.2) is 50.3 Å². The van der Waals surface area contributed by atoms with Crippen LogP contribution in [0.15, 0.2) is 84.9 Å². The molecule has 8 nitrogen and oxygen atoms in total. The van der Waals surface area contributed by atoms with Crippen molar-refractivity contribution in [2.75, 3.05) is 33.0 Å². The van der Waals surface area contributed by atoms with Crippen molar-refractivity contribution in [2.24, 2.45) is 5.92 Å². The summed E-state index contributed by atoms with van der Waals surface area (Å²) < 4.78 is 89.1. The van der Waals surface area contributed by atoms with E-state index in [2.05, 4.69) is 0 Å². The molecule has 2 N–H and O–H groups in total. The highest BCUT2D eigenvalue weighted by Crippen LogP contribution is 2.42. The summed E-state index contributed by atoms with van der Waals surface area (Å²) in [6.07, 6.45) is 0.331. The third kappa shape index (κ3) is 8.83. The Morgan fingerprint density at radius 3 is 2.30 bits per heavy atom. The maximum absolute atomic E-state index is 15.6. The first-order valence-electron chi connectivity index (χ1n) is 17.6. The van der Waals surface area contributed by atoms with Crippen molar-refractivity contribution in [3.05, 3.63) is 119 Å². The molecule has 0 aromatic heterocycles. The lowest BCUT2D eigenvalue weighted by atomic mass is 10.0. The first-order valence-corrected chi connectivity index (χ1v) is 17.6. The highest BCUT2D eigenvalue weighted by molar-refractivity contribution is 6.03. The SMILES string of the molecule is Cc1cc(C(=O)Oc2c(C=N)cc(OC(F)(F)c3ccc(-c4ccc(O)cc4)c(F)c3F)c3ccccc23)ccc1OCCCCCCOCC1COC1. The summed E-state index contributed by atoms with van der Waals surface area (Å²) >= 11 is 0. The molecule has 0 bridgehead atoms. The van der Waals surface area contributed by atoms with Gasteiger partial charge in [-0.15, -0.1) is 0 Å². The third-order valence-electron chi connectivity index (χ3n) is 9.06. The molecule has 0 atom stereocenters. The Labute approximate surface area is 309 Å². The number of esters is 1. The van der Waals surface area contributed by atoms with Gasteiger partial charge in [0, 0.05) is 40.6 Å². The second-order valence-corrected chi connectivity index (χ2v) is 13.0. The maximum Gasteiger partial charge on any atom is 0.429 e. The quantitative estimate of drug-likeness (QED) is 0.0321. The summed E-state index contributed by atoms with van der Waals surface area (Å²) in [7, 11) is 0. The van der Waals surface area contributed by atoms with Crippen LogP contribution in [0.5, 0.6) is 23.0 Å². The van der Waals surface area contributed by atoms with Crippen LogP contribution >= 0.6 is 0 Å². The monoisotopic (exact) mass is 745 g/mol. The number of benzene rings is 5. The van der Waals surface area contributed by atoms with Gasteiger partial charge in [0.05, 0.1) is 32.0 Å². The predicted octanol–water partition coefficient (Wildman–Crippen LogP) is 9.75. The Balaban J connectivity index is 1.12. The van der Waals surface area contributed by atoms with E-state index in [-0.39, 0.29) is 44.5 Å². The van der Waals surface area contributed by atoms with Crippen LogP contribution < -0.4 is 14.2 Å². The van der Waals surface area contributed by atoms with Gasteiger partial charge in [-0.25, -0.2) is 13.6 Å². The fraction of sp³-hybridized carbons (Fsp3) is 0.286. The molecule has 1 aliphatic heterocycles. The molecule has 0 amide bonds. The number of halogens is 4. The van der Waals surface area contributed by atoms with E-state index in [4.69, 9.17) is 29.1 Å². The number of phenols is 1. The van der Waals surface area contributed by atoms with Crippen molar-refractivity contribution in [3.63, 3.8) is 0 Å². The van der Waals surface area contributed by atoms with Crippen molar-refractivity contribution in [1.29, 1.82) is 5.41 Å². The Bertz CT molecular complexity index is 2120. The Morgan fingerprint density at radius 2 is 1.61 bits per heavy atom. The van der Waals surface area contributed by atoms with Gasteiger partial charge in [0.25, 0.3) is 0 Å². The molecular weight excluding hydrogens is 706 g/mol. The zero-order valence-corrected chi connectivity index (χ0v) is 29.5. The third-order valence-corrected chi connectivity index (χ3v) is 9.06. The number of hydrogen-bond donors (Lipinski definition) is 2. The van der Waals surface area contributed by atoms with Gasteiger partial charge in [-0.2, -0.15) is 8.78 Å². The molecule has 0 unspecified atom stereocenters. The van der Waals surface area contributed by atoms with Crippen molar-refractivity contribution in [3.8, 4) is 34.1 Å². The summed E-state index contributed by atoms with van der Waals surface area (Å²) in [5, 5.41) is 17.7. The van der Waals surface area contributed by atoms with Crippen LogP contribution in [0, 0.1) is 29.9 Å². The highest BCUT2D eigenvalue weighted by Gasteiger charge is 2.40. The predicted molar refractivity (Wildman–Crippen MR) is 195 cm³/mol. The van der Waals surface area contributed by atoms with E-state index in [1.54, 1.807) is 37.3 Å². The van der Waals surface area contributed by atoms with Crippen LogP contribution in [0.4, 0.5) is 17.6 Å². The van der Waals surface area contributed by atoms with Crippen LogP contribution in [0.2, 0.25) is 0 Å². The van der Waals surface area contributed by atoms with E-state index >= 15 is 17.6 Å². The molecule has 6 rings (SSSR count). The van der Waals surface area contributed by atoms with Gasteiger partial charge in [0.15, 0.2) is 11.6 Å². The van der Waals surface area contributed by atoms with E-state index < -0.39 is 35.0 Å². The van der Waals surface area contributed by atoms with Crippen LogP contribution in [0.1, 0.15) is 52.7 Å². The Hall–Kier alpha value is -5.46. The van der Waals surface area contributed by atoms with Gasteiger partial charge >= 0.3 is 12.1 Å². The molecule has 5 aromatic carbocycles. The molecule has 5 aromatic rings. The number of rotatable bonds is 17. The second-order valence-electron chi connectivity index (χ2n) is 13.0. The topological polar surface area (TPSA) is 107 Å². The minimum Gasteiger partial charge on any atom is -0.508 e. The van der Waals surface area contributed by atoms with Gasteiger partial charge < -0.3 is 34.2 Å². The second kappa shape index (κ2) is 17.1. The van der Waals surface area contributed by atoms with Crippen molar-refractivity contribution < 1.29 is 51.1 Å². The normalized spacial score (nSPS) is 13.1. The number of aryl methyl sites for hydroxylation is 1. The lowest BCUT2D eigenvalue weighted by molar-refractivity contribution is -0.187. The number of carbonyl (C=O) groups is 1. The number of fused-ring (bicyclic) bond motifs is 1. The average Bonchev–Trinajstić information content (AvgIpc) is 3.14. The van der Waals surface area contributed by atoms with Crippen molar-refractivity contribution in [2.45, 2.75) is 38.7 Å². The molecule has 1 saturated heterocycles. The lowest BCUT2D eigenvalue weighted by Crippen LogP contribution is -2.31. The zero-order chi connectivity index (χ0) is 38.2. The van der Waals surface area contributed by atoms with Crippen LogP contribution in [0.3, 0.4) is 0 Å². The molecule has 0 saturated carbocycles. The number of carbonyl (C=O) groups excluding carboxylic acids is 1. The van der Waals surface area contributed by atoms with E-state index in [1.807, 2.05) is 0 Å². The minimum atomic E-state index is -4.36. The van der Waals surface area contributed by atoms with E-state index in [1.165, 1.54) is 36.4 Å². The summed E-state index contributed by atoms with van der Waals surface area (Å²) in [6.45, 7) is 5.39. The van der Waals surface area contributed by atoms with Gasteiger partial charge in [0.2, 0.25) is 0 Å². The van der Waals surface area contributed by atoms with Crippen molar-refractivity contribution in [1.82, 2.24) is 0 Å². The smallest absolute Gasteiger partial charge is 0.429 e. The molecular formula is C42H39F4NO7.